The molecule has 0 aromatic carbocycles. The van der Waals surface area contributed by atoms with Gasteiger partial charge in [0.1, 0.15) is 17.9 Å². The number of nitrogens with one attached hydrogen (secondary N) is 1. The van der Waals surface area contributed by atoms with E-state index in [1.165, 1.54) is 26.4 Å². The zero-order chi connectivity index (χ0) is 31.6. The molecule has 2 aliphatic rings. The molecule has 0 radical (unpaired) electrons. The van der Waals surface area contributed by atoms with Gasteiger partial charge in [0.2, 0.25) is 5.78 Å². The van der Waals surface area contributed by atoms with Gasteiger partial charge in [-0.05, 0) is 50.3 Å². The number of amides is 2. The quantitative estimate of drug-likeness (QED) is 0.289. The molecule has 0 aromatic rings. The minimum Gasteiger partial charge on any atom is -0.439 e. The fourth-order valence-corrected chi connectivity index (χ4v) is 5.16. The third-order valence-corrected chi connectivity index (χ3v) is 7.47. The monoisotopic (exact) mass is 588 g/mol. The van der Waals surface area contributed by atoms with Crippen molar-refractivity contribution in [1.82, 2.24) is 5.32 Å². The number of carbonyl (C=O) groups excluding carboxylic acids is 3. The number of aliphatic hydroxyl groups is 2. The number of allylic oxidation sites excluding steroid dienone is 3. The number of rotatable bonds is 6. The van der Waals surface area contributed by atoms with Crippen LogP contribution in [0.25, 0.3) is 0 Å². The van der Waals surface area contributed by atoms with Crippen LogP contribution < -0.4 is 16.4 Å². The molecule has 1 aliphatic carbocycles. The first-order valence-electron chi connectivity index (χ1n) is 14.0. The first kappa shape index (κ1) is 34.8. The number of ether oxygens (including phenoxy) is 3. The second-order valence-corrected chi connectivity index (χ2v) is 10.8. The summed E-state index contributed by atoms with van der Waals surface area (Å²) in [6, 6.07) is 0. The van der Waals surface area contributed by atoms with Gasteiger partial charge in [-0.3, -0.25) is 9.59 Å². The van der Waals surface area contributed by atoms with E-state index < -0.39 is 48.4 Å². The van der Waals surface area contributed by atoms with Gasteiger partial charge in [-0.25, -0.2) is 4.79 Å². The van der Waals surface area contributed by atoms with E-state index in [1.807, 2.05) is 13.8 Å². The van der Waals surface area contributed by atoms with Crippen LogP contribution >= 0.6 is 0 Å². The van der Waals surface area contributed by atoms with Crippen LogP contribution in [-0.2, 0) is 23.8 Å². The number of hydrogen-bond acceptors (Lipinski definition) is 8. The van der Waals surface area contributed by atoms with E-state index in [9.17, 15) is 24.6 Å². The second-order valence-electron chi connectivity index (χ2n) is 10.8. The fraction of sp³-hybridized carbons (Fsp3) is 0.516. The number of aliphatic hydroxyl groups excluding tert-OH is 2. The summed E-state index contributed by atoms with van der Waals surface area (Å²) in [5.41, 5.74) is 7.07. The molecule has 7 atom stereocenters. The van der Waals surface area contributed by atoms with Gasteiger partial charge in [-0.15, -0.1) is 0 Å². The number of fused-ring (bicyclic) bond motifs is 2. The normalized spacial score (nSPS) is 33.4. The van der Waals surface area contributed by atoms with Gasteiger partial charge in [-0.1, -0.05) is 44.7 Å². The summed E-state index contributed by atoms with van der Waals surface area (Å²) in [5.74, 6) is -1.48. The summed E-state index contributed by atoms with van der Waals surface area (Å²) in [4.78, 5) is 38.3. The van der Waals surface area contributed by atoms with Crippen LogP contribution in [0.4, 0.5) is 4.79 Å². The van der Waals surface area contributed by atoms with Gasteiger partial charge in [0.05, 0.1) is 30.0 Å². The highest BCUT2D eigenvalue weighted by Crippen LogP contribution is 2.28. The van der Waals surface area contributed by atoms with E-state index in [-0.39, 0.29) is 29.4 Å². The first-order chi connectivity index (χ1) is 19.8. The molecule has 42 heavy (non-hydrogen) atoms. The predicted molar refractivity (Wildman–Crippen MR) is 158 cm³/mol. The summed E-state index contributed by atoms with van der Waals surface area (Å²) < 4.78 is 16.6. The average molecular weight is 589 g/mol. The lowest BCUT2D eigenvalue weighted by molar-refractivity contribution is -0.603. The summed E-state index contributed by atoms with van der Waals surface area (Å²) in [6.07, 6.45) is 4.88. The van der Waals surface area contributed by atoms with Crippen molar-refractivity contribution >= 4 is 17.8 Å². The minimum atomic E-state index is -1.10. The molecule has 2 amide bonds. The Morgan fingerprint density at radius 2 is 1.88 bits per heavy atom. The Labute approximate surface area is 247 Å². The smallest absolute Gasteiger partial charge is 0.405 e. The Bertz CT molecular complexity index is 1170. The number of hydrogen-bond donors (Lipinski definition) is 5. The topological polar surface area (TPSA) is 174 Å². The van der Waals surface area contributed by atoms with E-state index in [0.717, 1.165) is 0 Å². The molecule has 232 valence electrons. The van der Waals surface area contributed by atoms with Gasteiger partial charge >= 0.3 is 6.09 Å². The maximum Gasteiger partial charge on any atom is 0.405 e. The average Bonchev–Trinajstić information content (AvgIpc) is 2.94. The summed E-state index contributed by atoms with van der Waals surface area (Å²) in [6.45, 7) is 11.2. The number of quaternary nitrogens is 1. The number of primary amides is 1. The fourth-order valence-electron chi connectivity index (χ4n) is 5.16. The summed E-state index contributed by atoms with van der Waals surface area (Å²) in [5, 5.41) is 26.6. The van der Waals surface area contributed by atoms with Crippen molar-refractivity contribution in [2.45, 2.75) is 71.1 Å². The van der Waals surface area contributed by atoms with Gasteiger partial charge in [-0.2, -0.15) is 0 Å². The number of carbonyl (C=O) groups is 3. The Hall–Kier alpha value is -3.35. The van der Waals surface area contributed by atoms with Crippen molar-refractivity contribution in [1.29, 1.82) is 0 Å². The first-order valence-corrected chi connectivity index (χ1v) is 14.0. The van der Waals surface area contributed by atoms with Crippen LogP contribution in [0.1, 0.15) is 40.5 Å². The van der Waals surface area contributed by atoms with Crippen molar-refractivity contribution in [3.05, 3.63) is 71.1 Å². The molecule has 7 N–H and O–H groups in total. The molecule has 0 saturated carbocycles. The molecule has 0 aromatic heterocycles. The third kappa shape index (κ3) is 9.33. The number of Topliss-reactive ketones (excluding diaryl/α,β-unsaturated/α-hetero) is 1. The number of methoxy groups -OCH3 is 2. The molecule has 1 unspecified atom stereocenters. The second kappa shape index (κ2) is 16.3. The third-order valence-electron chi connectivity index (χ3n) is 7.47. The van der Waals surface area contributed by atoms with Gasteiger partial charge in [0.25, 0.3) is 5.91 Å². The van der Waals surface area contributed by atoms with Crippen molar-refractivity contribution in [2.75, 3.05) is 20.8 Å². The van der Waals surface area contributed by atoms with Gasteiger partial charge < -0.3 is 40.8 Å². The van der Waals surface area contributed by atoms with Crippen molar-refractivity contribution in [2.24, 2.45) is 17.6 Å². The lowest BCUT2D eigenvalue weighted by atomic mass is 9.84. The number of nitrogens with two attached hydrogens (primary N) is 2. The maximum atomic E-state index is 13.6. The number of ketones is 1. The lowest BCUT2D eigenvalue weighted by Crippen LogP contribution is -2.84. The van der Waals surface area contributed by atoms with E-state index >= 15 is 0 Å². The molecule has 0 fully saturated rings. The molecule has 1 aliphatic heterocycles. The molecular formula is C31H46N3O8+. The van der Waals surface area contributed by atoms with Crippen LogP contribution in [0.5, 0.6) is 0 Å². The predicted octanol–water partition coefficient (Wildman–Crippen LogP) is 1.30. The molecule has 2 bridgehead atoms. The standard InChI is InChI=1S/C31H45N3O8/c1-8-12-33-26-21-13-17(2)14-25(41-7)27(36)19(4)15-20(5)29(42-31(32)39)24(40-6)11-9-10-18(3)30(38)34-22(28(21)37)16-23(26)35/h8-11,15-17,19,23-25,27,29,33,35-36H,1,12-14H2,2-7H3,(H2,32,39)(H,34,38)/p+1/b11-9-,18-10+,20-15+/t17-,19+,23?,24+,25+,27-,29+/m1/s1. The van der Waals surface area contributed by atoms with Crippen molar-refractivity contribution in [3.8, 4) is 0 Å². The molecule has 1 heterocycles. The van der Waals surface area contributed by atoms with Crippen LogP contribution in [0.15, 0.2) is 71.1 Å². The highest BCUT2D eigenvalue weighted by Gasteiger charge is 2.35. The largest absolute Gasteiger partial charge is 0.439 e. The Morgan fingerprint density at radius 1 is 1.19 bits per heavy atom. The molecule has 0 spiro atoms. The molecular weight excluding hydrogens is 542 g/mol. The van der Waals surface area contributed by atoms with Gasteiger partial charge in [0, 0.05) is 25.7 Å². The molecule has 0 saturated heterocycles. The van der Waals surface area contributed by atoms with Gasteiger partial charge in [0.15, 0.2) is 6.10 Å². The van der Waals surface area contributed by atoms with E-state index in [1.54, 1.807) is 43.5 Å². The maximum absolute atomic E-state index is 13.6. The van der Waals surface area contributed by atoms with E-state index in [0.29, 0.717) is 29.8 Å². The van der Waals surface area contributed by atoms with Crippen LogP contribution in [-0.4, -0.2) is 79.3 Å². The highest BCUT2D eigenvalue weighted by atomic mass is 16.6. The Kier molecular flexibility index (Phi) is 13.5. The zero-order valence-corrected chi connectivity index (χ0v) is 25.3. The van der Waals surface area contributed by atoms with Crippen molar-refractivity contribution in [3.63, 3.8) is 0 Å². The van der Waals surface area contributed by atoms with E-state index in [4.69, 9.17) is 19.9 Å². The van der Waals surface area contributed by atoms with E-state index in [2.05, 4.69) is 11.9 Å². The van der Waals surface area contributed by atoms with Crippen LogP contribution in [0, 0.1) is 11.8 Å². The Morgan fingerprint density at radius 3 is 2.48 bits per heavy atom. The molecule has 2 rings (SSSR count). The Balaban J connectivity index is 2.61. The lowest BCUT2D eigenvalue weighted by Gasteiger charge is -2.30. The summed E-state index contributed by atoms with van der Waals surface area (Å²) >= 11 is 0. The minimum absolute atomic E-state index is 0.0124. The zero-order valence-electron chi connectivity index (χ0n) is 25.3. The SMILES string of the molecule is C=CC[NH2+]C1=C2C[C@@H](C)C[C@H](OC)[C@H](O)[C@@H](C)/C=C(\C)[C@H](OC(N)=O)[C@@H](OC)/C=C\C=C(/C)C(=O)NC(=CC1O)C2=O. The highest BCUT2D eigenvalue weighted by molar-refractivity contribution is 6.12. The van der Waals surface area contributed by atoms with Crippen LogP contribution in [0.3, 0.4) is 0 Å². The van der Waals surface area contributed by atoms with Crippen LogP contribution in [0.2, 0.25) is 0 Å². The molecule has 11 heteroatoms. The molecule has 11 nitrogen and oxygen atoms in total. The summed E-state index contributed by atoms with van der Waals surface area (Å²) in [7, 11) is 2.95. The van der Waals surface area contributed by atoms with Crippen molar-refractivity contribution < 1.29 is 44.1 Å².